The molecule has 0 aromatic carbocycles. The van der Waals surface area contributed by atoms with E-state index in [0.717, 1.165) is 19.3 Å². The van der Waals surface area contributed by atoms with Gasteiger partial charge in [-0.25, -0.2) is 4.79 Å². The molecule has 1 aliphatic heterocycles. The van der Waals surface area contributed by atoms with Gasteiger partial charge >= 0.3 is 6.03 Å². The first kappa shape index (κ1) is 11.9. The van der Waals surface area contributed by atoms with Gasteiger partial charge in [-0.3, -0.25) is 0 Å². The van der Waals surface area contributed by atoms with Gasteiger partial charge in [0.15, 0.2) is 0 Å². The monoisotopic (exact) mass is 211 g/mol. The fraction of sp³-hybridized carbons (Fsp3) is 0.727. The molecule has 0 saturated carbocycles. The number of likely N-dealkylation sites (tertiary alicyclic amines) is 1. The predicted octanol–water partition coefficient (Wildman–Crippen LogP) is 1.43. The van der Waals surface area contributed by atoms with Crippen LogP contribution in [0.3, 0.4) is 0 Å². The molecule has 1 heterocycles. The minimum Gasteiger partial charge on any atom is -0.378 e. The summed E-state index contributed by atoms with van der Waals surface area (Å²) in [4.78, 5) is 12.7. The van der Waals surface area contributed by atoms with Crippen LogP contribution in [-0.2, 0) is 0 Å². The number of hydrogen-bond acceptors (Lipinski definition) is 2. The number of primary amides is 1. The largest absolute Gasteiger partial charge is 0.378 e. The van der Waals surface area contributed by atoms with Crippen molar-refractivity contribution in [2.45, 2.75) is 32.1 Å². The number of allylic oxidation sites excluding steroid dienone is 2. The average Bonchev–Trinajstić information content (AvgIpc) is 2.57. The number of nitrogens with two attached hydrogens (primary N) is 1. The molecule has 0 aliphatic carbocycles. The minimum absolute atomic E-state index is 0.427. The number of carbonyl (C=O) groups is 1. The molecule has 3 N–H and O–H groups in total. The molecule has 0 aromatic rings. The Kier molecular flexibility index (Phi) is 5.01. The van der Waals surface area contributed by atoms with E-state index >= 15 is 0 Å². The van der Waals surface area contributed by atoms with Crippen LogP contribution in [0, 0.1) is 0 Å². The molecule has 4 nitrogen and oxygen atoms in total. The van der Waals surface area contributed by atoms with Crippen molar-refractivity contribution in [2.75, 3.05) is 20.1 Å². The zero-order valence-corrected chi connectivity index (χ0v) is 9.46. The van der Waals surface area contributed by atoms with Crippen molar-refractivity contribution in [1.82, 2.24) is 10.2 Å². The van der Waals surface area contributed by atoms with Crippen LogP contribution in [0.2, 0.25) is 0 Å². The smallest absolute Gasteiger partial charge is 0.312 e. The van der Waals surface area contributed by atoms with Crippen LogP contribution >= 0.6 is 0 Å². The molecule has 1 saturated heterocycles. The van der Waals surface area contributed by atoms with Crippen molar-refractivity contribution in [1.29, 1.82) is 0 Å². The van der Waals surface area contributed by atoms with Crippen molar-refractivity contribution in [3.05, 3.63) is 11.8 Å². The molecule has 0 spiro atoms. The van der Waals surface area contributed by atoms with Gasteiger partial charge in [-0.05, 0) is 32.1 Å². The fourth-order valence-electron chi connectivity index (χ4n) is 1.84. The highest BCUT2D eigenvalue weighted by atomic mass is 16.2. The lowest BCUT2D eigenvalue weighted by atomic mass is 10.2. The Balaban J connectivity index is 2.03. The molecule has 0 radical (unpaired) electrons. The molecular formula is C11H21N3O. The van der Waals surface area contributed by atoms with Gasteiger partial charge in [0.05, 0.1) is 0 Å². The quantitative estimate of drug-likeness (QED) is 0.676. The summed E-state index contributed by atoms with van der Waals surface area (Å²) < 4.78 is 0. The van der Waals surface area contributed by atoms with Crippen LogP contribution in [0.1, 0.15) is 32.1 Å². The van der Waals surface area contributed by atoms with E-state index < -0.39 is 6.03 Å². The molecule has 0 bridgehead atoms. The zero-order valence-electron chi connectivity index (χ0n) is 9.46. The SMILES string of the molecule is CN1CCCC1=CCCCCNC(N)=O. The zero-order chi connectivity index (χ0) is 11.1. The van der Waals surface area contributed by atoms with E-state index in [4.69, 9.17) is 5.73 Å². The lowest BCUT2D eigenvalue weighted by Crippen LogP contribution is -2.29. The number of nitrogens with one attached hydrogen (secondary N) is 1. The number of urea groups is 1. The van der Waals surface area contributed by atoms with E-state index in [1.54, 1.807) is 0 Å². The Morgan fingerprint density at radius 2 is 2.40 bits per heavy atom. The Labute approximate surface area is 91.5 Å². The first-order valence-corrected chi connectivity index (χ1v) is 5.63. The molecular weight excluding hydrogens is 190 g/mol. The minimum atomic E-state index is -0.427. The first-order valence-electron chi connectivity index (χ1n) is 5.63. The van der Waals surface area contributed by atoms with Crippen molar-refractivity contribution < 1.29 is 4.79 Å². The van der Waals surface area contributed by atoms with E-state index in [-0.39, 0.29) is 0 Å². The summed E-state index contributed by atoms with van der Waals surface area (Å²) in [6, 6.07) is -0.427. The molecule has 0 aromatic heterocycles. The second kappa shape index (κ2) is 6.32. The maximum Gasteiger partial charge on any atom is 0.312 e. The summed E-state index contributed by atoms with van der Waals surface area (Å²) in [5, 5.41) is 2.59. The van der Waals surface area contributed by atoms with Crippen LogP contribution in [-0.4, -0.2) is 31.1 Å². The molecule has 2 amide bonds. The number of unbranched alkanes of at least 4 members (excludes halogenated alkanes) is 2. The Morgan fingerprint density at radius 1 is 1.60 bits per heavy atom. The third kappa shape index (κ3) is 4.72. The van der Waals surface area contributed by atoms with Crippen LogP contribution < -0.4 is 11.1 Å². The molecule has 1 fully saturated rings. The van der Waals surface area contributed by atoms with Gasteiger partial charge in [0.1, 0.15) is 0 Å². The van der Waals surface area contributed by atoms with Gasteiger partial charge in [-0.15, -0.1) is 0 Å². The maximum absolute atomic E-state index is 10.4. The van der Waals surface area contributed by atoms with Gasteiger partial charge in [0, 0.05) is 25.8 Å². The second-order valence-electron chi connectivity index (χ2n) is 4.01. The molecule has 15 heavy (non-hydrogen) atoms. The number of amides is 2. The summed E-state index contributed by atoms with van der Waals surface area (Å²) in [5.74, 6) is 0. The lowest BCUT2D eigenvalue weighted by Gasteiger charge is -2.12. The third-order valence-corrected chi connectivity index (χ3v) is 2.73. The van der Waals surface area contributed by atoms with Gasteiger partial charge in [-0.2, -0.15) is 0 Å². The van der Waals surface area contributed by atoms with Crippen LogP contribution in [0.5, 0.6) is 0 Å². The lowest BCUT2D eigenvalue weighted by molar-refractivity contribution is 0.249. The summed E-state index contributed by atoms with van der Waals surface area (Å²) in [6.07, 6.45) is 8.02. The summed E-state index contributed by atoms with van der Waals surface area (Å²) in [7, 11) is 2.15. The molecule has 1 rings (SSSR count). The summed E-state index contributed by atoms with van der Waals surface area (Å²) >= 11 is 0. The molecule has 1 aliphatic rings. The average molecular weight is 211 g/mol. The van der Waals surface area contributed by atoms with Gasteiger partial charge in [0.25, 0.3) is 0 Å². The summed E-state index contributed by atoms with van der Waals surface area (Å²) in [6.45, 7) is 1.88. The summed E-state index contributed by atoms with van der Waals surface area (Å²) in [5.41, 5.74) is 6.43. The molecule has 4 heteroatoms. The van der Waals surface area contributed by atoms with E-state index in [0.29, 0.717) is 6.54 Å². The Hall–Kier alpha value is -1.19. The highest BCUT2D eigenvalue weighted by Crippen LogP contribution is 2.19. The van der Waals surface area contributed by atoms with Crippen molar-refractivity contribution in [3.63, 3.8) is 0 Å². The van der Waals surface area contributed by atoms with E-state index in [9.17, 15) is 4.79 Å². The van der Waals surface area contributed by atoms with Crippen LogP contribution in [0.4, 0.5) is 4.79 Å². The van der Waals surface area contributed by atoms with Crippen LogP contribution in [0.15, 0.2) is 11.8 Å². The Bertz CT molecular complexity index is 238. The highest BCUT2D eigenvalue weighted by Gasteiger charge is 2.10. The van der Waals surface area contributed by atoms with E-state index in [1.165, 1.54) is 25.1 Å². The second-order valence-corrected chi connectivity index (χ2v) is 4.01. The number of hydrogen-bond donors (Lipinski definition) is 2. The number of carbonyl (C=O) groups excluding carboxylic acids is 1. The molecule has 86 valence electrons. The highest BCUT2D eigenvalue weighted by molar-refractivity contribution is 5.71. The normalized spacial score (nSPS) is 18.5. The topological polar surface area (TPSA) is 58.4 Å². The molecule has 0 atom stereocenters. The third-order valence-electron chi connectivity index (χ3n) is 2.73. The van der Waals surface area contributed by atoms with Gasteiger partial charge in [0.2, 0.25) is 0 Å². The maximum atomic E-state index is 10.4. The number of rotatable bonds is 5. The molecule has 0 unspecified atom stereocenters. The van der Waals surface area contributed by atoms with Gasteiger partial charge < -0.3 is 16.0 Å². The Morgan fingerprint density at radius 3 is 3.00 bits per heavy atom. The van der Waals surface area contributed by atoms with E-state index in [2.05, 4.69) is 23.3 Å². The predicted molar refractivity (Wildman–Crippen MR) is 61.4 cm³/mol. The van der Waals surface area contributed by atoms with E-state index in [1.807, 2.05) is 0 Å². The van der Waals surface area contributed by atoms with Crippen molar-refractivity contribution >= 4 is 6.03 Å². The van der Waals surface area contributed by atoms with Crippen molar-refractivity contribution in [3.8, 4) is 0 Å². The van der Waals surface area contributed by atoms with Gasteiger partial charge in [-0.1, -0.05) is 6.08 Å². The standard InChI is InChI=1S/C11H21N3O/c1-14-9-5-7-10(14)6-3-2-4-8-13-11(12)15/h6H,2-5,7-9H2,1H3,(H3,12,13,15). The first-order chi connectivity index (χ1) is 7.20. The van der Waals surface area contributed by atoms with Crippen LogP contribution in [0.25, 0.3) is 0 Å². The van der Waals surface area contributed by atoms with Crippen molar-refractivity contribution in [2.24, 2.45) is 5.73 Å². The fourth-order valence-corrected chi connectivity index (χ4v) is 1.84. The number of nitrogens with zero attached hydrogens (tertiary/aromatic N) is 1.